The number of nitrogens with one attached hydrogen (secondary N) is 2. The van der Waals surface area contributed by atoms with Gasteiger partial charge in [-0.05, 0) is 12.0 Å². The second-order valence-corrected chi connectivity index (χ2v) is 6.28. The van der Waals surface area contributed by atoms with Crippen LogP contribution in [0.15, 0.2) is 30.3 Å². The molecular formula is C17H20F2N2O4. The highest BCUT2D eigenvalue weighted by atomic mass is 19.3. The van der Waals surface area contributed by atoms with Crippen LogP contribution < -0.4 is 10.6 Å². The molecule has 0 bridgehead atoms. The Hall–Kier alpha value is -2.06. The topological polar surface area (TPSA) is 76.7 Å². The summed E-state index contributed by atoms with van der Waals surface area (Å²) >= 11 is 0. The minimum Gasteiger partial charge on any atom is -0.433 e. The van der Waals surface area contributed by atoms with E-state index in [-0.39, 0.29) is 6.42 Å². The lowest BCUT2D eigenvalue weighted by atomic mass is 10.1. The number of alkyl halides is 2. The fourth-order valence-corrected chi connectivity index (χ4v) is 2.93. The van der Waals surface area contributed by atoms with Gasteiger partial charge in [0.15, 0.2) is 0 Å². The molecule has 0 radical (unpaired) electrons. The Morgan fingerprint density at radius 3 is 2.80 bits per heavy atom. The van der Waals surface area contributed by atoms with Crippen LogP contribution in [0.2, 0.25) is 0 Å². The van der Waals surface area contributed by atoms with Crippen molar-refractivity contribution >= 4 is 11.9 Å². The summed E-state index contributed by atoms with van der Waals surface area (Å²) in [5.41, 5.74) is 1.07. The Labute approximate surface area is 143 Å². The molecule has 136 valence electrons. The summed E-state index contributed by atoms with van der Waals surface area (Å²) in [6.07, 6.45) is -0.862. The van der Waals surface area contributed by atoms with Gasteiger partial charge < -0.3 is 14.8 Å². The molecule has 8 heteroatoms. The van der Waals surface area contributed by atoms with Gasteiger partial charge >= 0.3 is 5.97 Å². The van der Waals surface area contributed by atoms with E-state index in [9.17, 15) is 18.4 Å². The maximum Gasteiger partial charge on any atom is 0.310 e. The molecule has 2 aliphatic heterocycles. The molecule has 3 atom stereocenters. The largest absolute Gasteiger partial charge is 0.433 e. The molecule has 6 nitrogen and oxygen atoms in total. The summed E-state index contributed by atoms with van der Waals surface area (Å²) in [7, 11) is 0. The summed E-state index contributed by atoms with van der Waals surface area (Å²) in [5, 5.41) is 5.06. The first kappa shape index (κ1) is 17.8. The van der Waals surface area contributed by atoms with Crippen molar-refractivity contribution in [2.24, 2.45) is 0 Å². The van der Waals surface area contributed by atoms with Crippen molar-refractivity contribution in [3.63, 3.8) is 0 Å². The van der Waals surface area contributed by atoms with Gasteiger partial charge in [0.05, 0.1) is 25.6 Å². The van der Waals surface area contributed by atoms with Crippen molar-refractivity contribution in [2.75, 3.05) is 13.2 Å². The fraction of sp³-hybridized carbons (Fsp3) is 0.529. The number of esters is 1. The Kier molecular flexibility index (Phi) is 5.29. The molecule has 0 saturated carbocycles. The van der Waals surface area contributed by atoms with E-state index in [1.165, 1.54) is 0 Å². The third-order valence-electron chi connectivity index (χ3n) is 4.23. The van der Waals surface area contributed by atoms with Crippen LogP contribution in [0, 0.1) is 0 Å². The number of hydrogen-bond donors (Lipinski definition) is 2. The highest BCUT2D eigenvalue weighted by Gasteiger charge is 2.44. The highest BCUT2D eigenvalue weighted by molar-refractivity contribution is 5.84. The number of ether oxygens (including phenoxy) is 2. The Morgan fingerprint density at radius 2 is 2.12 bits per heavy atom. The van der Waals surface area contributed by atoms with Crippen LogP contribution in [0.3, 0.4) is 0 Å². The lowest BCUT2D eigenvalue weighted by Gasteiger charge is -2.21. The summed E-state index contributed by atoms with van der Waals surface area (Å²) in [6, 6.07) is 8.00. The summed E-state index contributed by atoms with van der Waals surface area (Å²) in [4.78, 5) is 23.6. The standard InChI is InChI=1S/C17H20F2N2O4/c18-17(19)9-13(20-10-17)15(23)21-12-8-14(22)25-16(12)24-7-6-11-4-2-1-3-5-11/h1-5,12-13,16,20H,6-10H2,(H,21,23). The zero-order chi connectivity index (χ0) is 17.9. The third-order valence-corrected chi connectivity index (χ3v) is 4.23. The average Bonchev–Trinajstić information content (AvgIpc) is 3.10. The minimum absolute atomic E-state index is 0.0368. The van der Waals surface area contributed by atoms with Crippen LogP contribution >= 0.6 is 0 Å². The van der Waals surface area contributed by atoms with E-state index in [1.807, 2.05) is 30.3 Å². The van der Waals surface area contributed by atoms with E-state index in [0.29, 0.717) is 13.0 Å². The van der Waals surface area contributed by atoms with Gasteiger partial charge in [0.1, 0.15) is 6.04 Å². The SMILES string of the molecule is O=C1CC(NC(=O)C2CC(F)(F)CN2)C(OCCc2ccccc2)O1. The minimum atomic E-state index is -2.89. The molecule has 1 amide bonds. The molecule has 3 unspecified atom stereocenters. The Morgan fingerprint density at radius 1 is 1.36 bits per heavy atom. The number of cyclic esters (lactones) is 1. The van der Waals surface area contributed by atoms with Gasteiger partial charge in [0, 0.05) is 6.42 Å². The molecule has 0 aliphatic carbocycles. The van der Waals surface area contributed by atoms with Crippen LogP contribution in [-0.2, 0) is 25.5 Å². The zero-order valence-electron chi connectivity index (χ0n) is 13.5. The highest BCUT2D eigenvalue weighted by Crippen LogP contribution is 2.25. The van der Waals surface area contributed by atoms with Crippen LogP contribution in [-0.4, -0.2) is 49.3 Å². The van der Waals surface area contributed by atoms with Gasteiger partial charge in [-0.1, -0.05) is 30.3 Å². The first-order valence-corrected chi connectivity index (χ1v) is 8.19. The van der Waals surface area contributed by atoms with E-state index in [1.54, 1.807) is 0 Å². The summed E-state index contributed by atoms with van der Waals surface area (Å²) in [5.74, 6) is -3.95. The van der Waals surface area contributed by atoms with Crippen LogP contribution in [0.25, 0.3) is 0 Å². The van der Waals surface area contributed by atoms with E-state index < -0.39 is 49.1 Å². The van der Waals surface area contributed by atoms with Crippen LogP contribution in [0.4, 0.5) is 8.78 Å². The quantitative estimate of drug-likeness (QED) is 0.746. The van der Waals surface area contributed by atoms with Gasteiger partial charge in [-0.3, -0.25) is 14.9 Å². The van der Waals surface area contributed by atoms with Crippen molar-refractivity contribution in [3.8, 4) is 0 Å². The van der Waals surface area contributed by atoms with E-state index in [4.69, 9.17) is 9.47 Å². The smallest absolute Gasteiger partial charge is 0.310 e. The van der Waals surface area contributed by atoms with Gasteiger partial charge in [0.25, 0.3) is 5.92 Å². The second kappa shape index (κ2) is 7.45. The lowest BCUT2D eigenvalue weighted by Crippen LogP contribution is -2.48. The summed E-state index contributed by atoms with van der Waals surface area (Å²) < 4.78 is 37.0. The number of hydrogen-bond acceptors (Lipinski definition) is 5. The van der Waals surface area contributed by atoms with Crippen molar-refractivity contribution in [2.45, 2.75) is 43.6 Å². The molecule has 1 aromatic rings. The number of carbonyl (C=O) groups is 2. The normalized spacial score (nSPS) is 27.9. The molecule has 2 heterocycles. The second-order valence-electron chi connectivity index (χ2n) is 6.28. The fourth-order valence-electron chi connectivity index (χ4n) is 2.93. The van der Waals surface area contributed by atoms with Crippen molar-refractivity contribution in [1.29, 1.82) is 0 Å². The van der Waals surface area contributed by atoms with Crippen molar-refractivity contribution in [3.05, 3.63) is 35.9 Å². The molecule has 25 heavy (non-hydrogen) atoms. The molecule has 2 fully saturated rings. The maximum atomic E-state index is 13.2. The molecule has 2 saturated heterocycles. The summed E-state index contributed by atoms with van der Waals surface area (Å²) in [6.45, 7) is -0.212. The van der Waals surface area contributed by atoms with Crippen molar-refractivity contribution in [1.82, 2.24) is 10.6 Å². The number of benzene rings is 1. The zero-order valence-corrected chi connectivity index (χ0v) is 13.5. The van der Waals surface area contributed by atoms with Crippen LogP contribution in [0.1, 0.15) is 18.4 Å². The van der Waals surface area contributed by atoms with Crippen molar-refractivity contribution < 1.29 is 27.8 Å². The first-order valence-electron chi connectivity index (χ1n) is 8.19. The number of halogens is 2. The molecular weight excluding hydrogens is 334 g/mol. The molecule has 1 aromatic carbocycles. The third kappa shape index (κ3) is 4.73. The lowest BCUT2D eigenvalue weighted by molar-refractivity contribution is -0.165. The molecule has 0 spiro atoms. The average molecular weight is 354 g/mol. The van der Waals surface area contributed by atoms with Gasteiger partial charge in [0.2, 0.25) is 12.2 Å². The van der Waals surface area contributed by atoms with Gasteiger partial charge in [-0.15, -0.1) is 0 Å². The Bertz CT molecular complexity index is 626. The predicted octanol–water partition coefficient (Wildman–Crippen LogP) is 1.00. The monoisotopic (exact) mass is 354 g/mol. The number of rotatable bonds is 6. The number of amides is 1. The maximum absolute atomic E-state index is 13.2. The number of carbonyl (C=O) groups excluding carboxylic acids is 2. The van der Waals surface area contributed by atoms with E-state index in [2.05, 4.69) is 10.6 Å². The molecule has 0 aromatic heterocycles. The molecule has 3 rings (SSSR count). The Balaban J connectivity index is 1.49. The van der Waals surface area contributed by atoms with E-state index in [0.717, 1.165) is 5.56 Å². The van der Waals surface area contributed by atoms with Crippen LogP contribution in [0.5, 0.6) is 0 Å². The first-order chi connectivity index (χ1) is 11.9. The molecule has 2 N–H and O–H groups in total. The van der Waals surface area contributed by atoms with Gasteiger partial charge in [-0.2, -0.15) is 0 Å². The van der Waals surface area contributed by atoms with E-state index >= 15 is 0 Å². The molecule has 2 aliphatic rings. The predicted molar refractivity (Wildman–Crippen MR) is 83.9 cm³/mol. The van der Waals surface area contributed by atoms with Gasteiger partial charge in [-0.25, -0.2) is 8.78 Å².